The molecule has 0 aromatic rings. The van der Waals surface area contributed by atoms with Gasteiger partial charge < -0.3 is 15.3 Å². The summed E-state index contributed by atoms with van der Waals surface area (Å²) in [4.78, 5) is 4.78. The van der Waals surface area contributed by atoms with Crippen molar-refractivity contribution in [2.75, 3.05) is 0 Å². The second-order valence-electron chi connectivity index (χ2n) is 7.64. The van der Waals surface area contributed by atoms with Gasteiger partial charge in [-0.3, -0.25) is 4.99 Å². The zero-order chi connectivity index (χ0) is 20.0. The summed E-state index contributed by atoms with van der Waals surface area (Å²) in [5.41, 5.74) is 0.375. The van der Waals surface area contributed by atoms with Gasteiger partial charge in [0.05, 0.1) is 12.2 Å². The molecule has 5 heteroatoms. The lowest BCUT2D eigenvalue weighted by Gasteiger charge is -2.22. The van der Waals surface area contributed by atoms with Crippen molar-refractivity contribution in [1.29, 1.82) is 0 Å². The maximum absolute atomic E-state index is 10.5. The molecule has 1 saturated carbocycles. The van der Waals surface area contributed by atoms with Crippen molar-refractivity contribution in [3.8, 4) is 24.2 Å². The molecule has 6 unspecified atom stereocenters. The number of thiocarbonyl (C=S) groups is 1. The van der Waals surface area contributed by atoms with Crippen LogP contribution in [0.15, 0.2) is 17.1 Å². The van der Waals surface area contributed by atoms with Crippen molar-refractivity contribution in [1.82, 2.24) is 0 Å². The van der Waals surface area contributed by atoms with Crippen molar-refractivity contribution in [3.05, 3.63) is 12.2 Å². The predicted molar refractivity (Wildman–Crippen MR) is 113 cm³/mol. The van der Waals surface area contributed by atoms with Gasteiger partial charge in [-0.1, -0.05) is 25.0 Å². The average molecular weight is 388 g/mol. The lowest BCUT2D eigenvalue weighted by molar-refractivity contribution is 0.138. The Hall–Kier alpha value is -1.66. The summed E-state index contributed by atoms with van der Waals surface area (Å²) in [6.07, 6.45) is 12.1. The van der Waals surface area contributed by atoms with Crippen molar-refractivity contribution in [3.63, 3.8) is 0 Å². The third-order valence-corrected chi connectivity index (χ3v) is 5.88. The summed E-state index contributed by atoms with van der Waals surface area (Å²) in [5, 5.41) is 30.1. The summed E-state index contributed by atoms with van der Waals surface area (Å²) in [5.74, 6) is 8.61. The lowest BCUT2D eigenvalue weighted by atomic mass is 9.82. The summed E-state index contributed by atoms with van der Waals surface area (Å²) >= 11 is 4.71. The first-order chi connectivity index (χ1) is 12.8. The standard InChI is InChI=1S/C22H29NO3S/c1-4-6-8-15(3)19(24)12-11-17-18-13-16(9-7-10-21(26)27)23-22(18,5-2)14-20(17)25/h2,11-12,15,17-20,24-25H,7-10,13-14H2,1,3H3,(H,26,27). The van der Waals surface area contributed by atoms with Crippen molar-refractivity contribution >= 4 is 23.0 Å². The van der Waals surface area contributed by atoms with Crippen molar-refractivity contribution < 1.29 is 15.3 Å². The molecule has 0 radical (unpaired) electrons. The van der Waals surface area contributed by atoms with E-state index in [2.05, 4.69) is 17.8 Å². The van der Waals surface area contributed by atoms with Gasteiger partial charge in [-0.15, -0.1) is 18.3 Å². The number of hydrogen-bond donors (Lipinski definition) is 3. The Kier molecular flexibility index (Phi) is 7.62. The fourth-order valence-corrected chi connectivity index (χ4v) is 4.23. The molecule has 0 bridgehead atoms. The van der Waals surface area contributed by atoms with E-state index >= 15 is 0 Å². The van der Waals surface area contributed by atoms with Crippen LogP contribution in [0.3, 0.4) is 0 Å². The van der Waals surface area contributed by atoms with Gasteiger partial charge in [-0.25, -0.2) is 0 Å². The highest BCUT2D eigenvalue weighted by Gasteiger charge is 2.54. The summed E-state index contributed by atoms with van der Waals surface area (Å²) in [7, 11) is 0. The Balaban J connectivity index is 2.06. The van der Waals surface area contributed by atoms with E-state index in [4.69, 9.17) is 28.7 Å². The number of hydrogen-bond acceptors (Lipinski definition) is 4. The van der Waals surface area contributed by atoms with E-state index in [1.54, 1.807) is 13.0 Å². The van der Waals surface area contributed by atoms with Crippen LogP contribution in [0.4, 0.5) is 0 Å². The zero-order valence-corrected chi connectivity index (χ0v) is 16.9. The van der Waals surface area contributed by atoms with Crippen LogP contribution < -0.4 is 0 Å². The molecule has 1 aliphatic heterocycles. The minimum atomic E-state index is -0.659. The highest BCUT2D eigenvalue weighted by atomic mass is 32.1. The lowest BCUT2D eigenvalue weighted by Crippen LogP contribution is -2.27. The van der Waals surface area contributed by atoms with Gasteiger partial charge in [0.15, 0.2) is 5.05 Å². The fraction of sp³-hybridized carbons (Fsp3) is 0.636. The van der Waals surface area contributed by atoms with E-state index < -0.39 is 17.7 Å². The minimum absolute atomic E-state index is 0.0209. The van der Waals surface area contributed by atoms with Gasteiger partial charge in [0.1, 0.15) is 5.54 Å². The number of rotatable bonds is 8. The number of nitrogens with zero attached hydrogens (tertiary/aromatic N) is 1. The van der Waals surface area contributed by atoms with E-state index in [0.717, 1.165) is 25.0 Å². The Morgan fingerprint density at radius 3 is 2.89 bits per heavy atom. The first kappa shape index (κ1) is 21.6. The van der Waals surface area contributed by atoms with Crippen LogP contribution in [0.25, 0.3) is 0 Å². The van der Waals surface area contributed by atoms with Gasteiger partial charge in [0, 0.05) is 36.8 Å². The molecule has 27 heavy (non-hydrogen) atoms. The van der Waals surface area contributed by atoms with Gasteiger partial charge in [0.2, 0.25) is 0 Å². The molecule has 1 aliphatic carbocycles. The van der Waals surface area contributed by atoms with E-state index in [1.165, 1.54) is 0 Å². The third-order valence-electron chi connectivity index (χ3n) is 5.68. The van der Waals surface area contributed by atoms with Crippen LogP contribution >= 0.6 is 12.2 Å². The van der Waals surface area contributed by atoms with Crippen molar-refractivity contribution in [2.24, 2.45) is 22.7 Å². The summed E-state index contributed by atoms with van der Waals surface area (Å²) < 4.78 is 0. The second-order valence-corrected chi connectivity index (χ2v) is 8.11. The molecule has 146 valence electrons. The smallest absolute Gasteiger partial charge is 0.156 e. The zero-order valence-electron chi connectivity index (χ0n) is 16.1. The SMILES string of the molecule is C#CC12CC(O)C(C=CC(O)C(C)CC#CC)C1CC(CCCC(O)=S)=N2. The predicted octanol–water partition coefficient (Wildman–Crippen LogP) is 3.22. The van der Waals surface area contributed by atoms with Crippen LogP contribution in [0.1, 0.15) is 52.4 Å². The van der Waals surface area contributed by atoms with Crippen LogP contribution in [0.2, 0.25) is 0 Å². The number of aliphatic imine (C=N–C) groups is 1. The highest BCUT2D eigenvalue weighted by molar-refractivity contribution is 7.80. The molecule has 0 saturated heterocycles. The average Bonchev–Trinajstić information content (AvgIpc) is 3.09. The summed E-state index contributed by atoms with van der Waals surface area (Å²) in [6, 6.07) is 0. The Morgan fingerprint density at radius 2 is 2.26 bits per heavy atom. The normalized spacial score (nSPS) is 31.5. The molecular weight excluding hydrogens is 358 g/mol. The molecule has 6 atom stereocenters. The summed E-state index contributed by atoms with van der Waals surface area (Å²) in [6.45, 7) is 3.74. The molecular formula is C22H29NO3S. The van der Waals surface area contributed by atoms with Crippen LogP contribution in [0, 0.1) is 41.9 Å². The largest absolute Gasteiger partial charge is 0.502 e. The van der Waals surface area contributed by atoms with Crippen LogP contribution in [-0.2, 0) is 0 Å². The van der Waals surface area contributed by atoms with Crippen LogP contribution in [0.5, 0.6) is 0 Å². The van der Waals surface area contributed by atoms with E-state index in [-0.39, 0.29) is 22.8 Å². The molecule has 0 amide bonds. The van der Waals surface area contributed by atoms with E-state index in [1.807, 2.05) is 13.0 Å². The monoisotopic (exact) mass is 387 g/mol. The Morgan fingerprint density at radius 1 is 1.52 bits per heavy atom. The molecule has 0 spiro atoms. The maximum Gasteiger partial charge on any atom is 0.156 e. The fourth-order valence-electron chi connectivity index (χ4n) is 4.09. The highest BCUT2D eigenvalue weighted by Crippen LogP contribution is 2.49. The molecule has 4 nitrogen and oxygen atoms in total. The maximum atomic E-state index is 10.5. The number of aliphatic hydroxyl groups is 3. The van der Waals surface area contributed by atoms with Gasteiger partial charge >= 0.3 is 0 Å². The Labute approximate surface area is 167 Å². The quantitative estimate of drug-likeness (QED) is 0.340. The molecule has 1 fully saturated rings. The first-order valence-corrected chi connectivity index (χ1v) is 9.95. The second kappa shape index (κ2) is 9.51. The molecule has 3 N–H and O–H groups in total. The molecule has 2 rings (SSSR count). The molecule has 2 aliphatic rings. The third kappa shape index (κ3) is 5.20. The van der Waals surface area contributed by atoms with Gasteiger partial charge in [-0.05, 0) is 44.3 Å². The minimum Gasteiger partial charge on any atom is -0.502 e. The molecule has 0 aromatic carbocycles. The Bertz CT molecular complexity index is 711. The number of fused-ring (bicyclic) bond motifs is 1. The van der Waals surface area contributed by atoms with Crippen LogP contribution in [-0.4, -0.2) is 43.8 Å². The number of terminal acetylenes is 1. The topological polar surface area (TPSA) is 73.0 Å². The molecule has 1 heterocycles. The number of aliphatic hydroxyl groups excluding tert-OH is 3. The van der Waals surface area contributed by atoms with Crippen molar-refractivity contribution in [2.45, 2.75) is 70.1 Å². The molecule has 0 aromatic heterocycles. The van der Waals surface area contributed by atoms with E-state index in [0.29, 0.717) is 19.3 Å². The first-order valence-electron chi connectivity index (χ1n) is 9.54. The van der Waals surface area contributed by atoms with Gasteiger partial charge in [-0.2, -0.15) is 0 Å². The van der Waals surface area contributed by atoms with Gasteiger partial charge in [0.25, 0.3) is 0 Å². The van der Waals surface area contributed by atoms with E-state index in [9.17, 15) is 10.2 Å².